The Morgan fingerprint density at radius 1 is 0.897 bits per heavy atom. The number of amides is 1. The lowest BCUT2D eigenvalue weighted by Crippen LogP contribution is -2.31. The fourth-order valence-corrected chi connectivity index (χ4v) is 4.96. The van der Waals surface area contributed by atoms with Crippen LogP contribution >= 0.6 is 0 Å². The fourth-order valence-electron chi connectivity index (χ4n) is 4.96. The van der Waals surface area contributed by atoms with Crippen LogP contribution < -0.4 is 23.7 Å². The fraction of sp³-hybridized carbons (Fsp3) is 0.267. The van der Waals surface area contributed by atoms with E-state index in [0.29, 0.717) is 59.5 Å². The summed E-state index contributed by atoms with van der Waals surface area (Å²) in [6.45, 7) is 1.03. The number of carbonyl (C=O) groups is 2. The summed E-state index contributed by atoms with van der Waals surface area (Å²) in [5, 5.41) is 11.5. The van der Waals surface area contributed by atoms with E-state index in [-0.39, 0.29) is 17.9 Å². The number of carbonyl (C=O) groups excluding carboxylic acids is 2. The molecule has 0 radical (unpaired) electrons. The summed E-state index contributed by atoms with van der Waals surface area (Å²) < 4.78 is 27.8. The maximum atomic E-state index is 13.5. The molecule has 0 aromatic heterocycles. The van der Waals surface area contributed by atoms with Crippen LogP contribution in [0, 0.1) is 0 Å². The summed E-state index contributed by atoms with van der Waals surface area (Å²) in [6, 6.07) is 17.0. The van der Waals surface area contributed by atoms with E-state index in [1.165, 1.54) is 26.2 Å². The molecule has 9 heteroatoms. The first-order valence-corrected chi connectivity index (χ1v) is 12.5. The van der Waals surface area contributed by atoms with Gasteiger partial charge in [0.15, 0.2) is 23.0 Å². The Kier molecular flexibility index (Phi) is 7.31. The molecule has 3 aromatic carbocycles. The van der Waals surface area contributed by atoms with Crippen LogP contribution in [0.5, 0.6) is 28.7 Å². The maximum absolute atomic E-state index is 13.5. The minimum Gasteiger partial charge on any atom is -0.507 e. The van der Waals surface area contributed by atoms with E-state index in [9.17, 15) is 14.7 Å². The van der Waals surface area contributed by atoms with Crippen LogP contribution in [0.2, 0.25) is 0 Å². The molecule has 5 rings (SSSR count). The van der Waals surface area contributed by atoms with Gasteiger partial charge >= 0.3 is 0 Å². The largest absolute Gasteiger partial charge is 0.507 e. The Balaban J connectivity index is 1.65. The highest BCUT2D eigenvalue weighted by Crippen LogP contribution is 2.46. The van der Waals surface area contributed by atoms with Gasteiger partial charge in [0.2, 0.25) is 5.75 Å². The van der Waals surface area contributed by atoms with E-state index in [1.54, 1.807) is 30.3 Å². The number of ether oxygens (including phenoxy) is 5. The molecule has 2 heterocycles. The number of fused-ring (bicyclic) bond motifs is 1. The standard InChI is InChI=1S/C30H29NO8/c1-35-23-16-20(17-24(36-2)29(23)37-3)26-25(27(32)19-9-10-21-22(15-19)39-14-13-38-21)28(33)30(34)31(26)12-11-18-7-5-4-6-8-18/h4-10,15-17,26,32H,11-14H2,1-3H3. The number of likely N-dealkylation sites (tertiary alicyclic amines) is 1. The molecule has 2 aliphatic heterocycles. The zero-order valence-electron chi connectivity index (χ0n) is 21.9. The molecular weight excluding hydrogens is 502 g/mol. The first-order valence-electron chi connectivity index (χ1n) is 12.5. The third kappa shape index (κ3) is 4.83. The van der Waals surface area contributed by atoms with E-state index >= 15 is 0 Å². The summed E-state index contributed by atoms with van der Waals surface area (Å²) in [6.07, 6.45) is 0.513. The quantitative estimate of drug-likeness (QED) is 0.263. The Morgan fingerprint density at radius 3 is 2.21 bits per heavy atom. The topological polar surface area (TPSA) is 104 Å². The van der Waals surface area contributed by atoms with Gasteiger partial charge in [0.05, 0.1) is 32.9 Å². The number of ketones is 1. The van der Waals surface area contributed by atoms with Gasteiger partial charge in [-0.1, -0.05) is 30.3 Å². The van der Waals surface area contributed by atoms with Crippen molar-refractivity contribution in [1.82, 2.24) is 4.90 Å². The third-order valence-corrected chi connectivity index (χ3v) is 6.84. The van der Waals surface area contributed by atoms with Crippen LogP contribution in [-0.4, -0.2) is 62.8 Å². The number of hydrogen-bond acceptors (Lipinski definition) is 8. The highest BCUT2D eigenvalue weighted by Gasteiger charge is 2.46. The van der Waals surface area contributed by atoms with Crippen molar-refractivity contribution in [2.45, 2.75) is 12.5 Å². The highest BCUT2D eigenvalue weighted by atomic mass is 16.6. The molecule has 1 amide bonds. The van der Waals surface area contributed by atoms with Crippen LogP contribution in [0.4, 0.5) is 0 Å². The Morgan fingerprint density at radius 2 is 1.56 bits per heavy atom. The number of benzene rings is 3. The van der Waals surface area contributed by atoms with Gasteiger partial charge in [0.1, 0.15) is 19.0 Å². The summed E-state index contributed by atoms with van der Waals surface area (Å²) >= 11 is 0. The molecule has 0 spiro atoms. The van der Waals surface area contributed by atoms with Crippen molar-refractivity contribution in [3.05, 3.63) is 82.9 Å². The Labute approximate surface area is 226 Å². The molecule has 3 aromatic rings. The number of nitrogens with zero attached hydrogens (tertiary/aromatic N) is 1. The zero-order valence-corrected chi connectivity index (χ0v) is 21.9. The molecule has 0 bridgehead atoms. The van der Waals surface area contributed by atoms with Gasteiger partial charge in [-0.15, -0.1) is 0 Å². The first-order chi connectivity index (χ1) is 19.0. The summed E-state index contributed by atoms with van der Waals surface area (Å²) in [4.78, 5) is 28.4. The van der Waals surface area contributed by atoms with Gasteiger partial charge in [-0.25, -0.2) is 0 Å². The predicted molar refractivity (Wildman–Crippen MR) is 143 cm³/mol. The molecule has 1 N–H and O–H groups in total. The van der Waals surface area contributed by atoms with Crippen molar-refractivity contribution in [2.75, 3.05) is 41.1 Å². The number of Topliss-reactive ketones (excluding diaryl/α,β-unsaturated/α-hetero) is 1. The van der Waals surface area contributed by atoms with Crippen LogP contribution in [0.3, 0.4) is 0 Å². The smallest absolute Gasteiger partial charge is 0.295 e. The average Bonchev–Trinajstić information content (AvgIpc) is 3.24. The second-order valence-electron chi connectivity index (χ2n) is 9.05. The minimum absolute atomic E-state index is 0.0426. The number of rotatable bonds is 8. The molecule has 0 saturated carbocycles. The minimum atomic E-state index is -0.907. The lowest BCUT2D eigenvalue weighted by atomic mass is 9.94. The van der Waals surface area contributed by atoms with Crippen molar-refractivity contribution in [1.29, 1.82) is 0 Å². The van der Waals surface area contributed by atoms with Crippen molar-refractivity contribution in [3.8, 4) is 28.7 Å². The zero-order chi connectivity index (χ0) is 27.5. The second-order valence-corrected chi connectivity index (χ2v) is 9.05. The predicted octanol–water partition coefficient (Wildman–Crippen LogP) is 4.15. The number of aliphatic hydroxyl groups is 1. The molecule has 1 unspecified atom stereocenters. The molecule has 1 fully saturated rings. The Bertz CT molecular complexity index is 1410. The normalized spacial score (nSPS) is 17.7. The average molecular weight is 532 g/mol. The number of hydrogen-bond donors (Lipinski definition) is 1. The SMILES string of the molecule is COc1cc(C2C(=C(O)c3ccc4c(c3)OCCO4)C(=O)C(=O)N2CCc2ccccc2)cc(OC)c1OC. The van der Waals surface area contributed by atoms with Gasteiger partial charge in [0, 0.05) is 12.1 Å². The third-order valence-electron chi connectivity index (χ3n) is 6.84. The second kappa shape index (κ2) is 11.0. The van der Waals surface area contributed by atoms with Crippen LogP contribution in [-0.2, 0) is 16.0 Å². The van der Waals surface area contributed by atoms with Crippen LogP contribution in [0.1, 0.15) is 22.7 Å². The van der Waals surface area contributed by atoms with Gasteiger partial charge in [0.25, 0.3) is 11.7 Å². The number of methoxy groups -OCH3 is 3. The molecule has 39 heavy (non-hydrogen) atoms. The van der Waals surface area contributed by atoms with Crippen LogP contribution in [0.25, 0.3) is 5.76 Å². The lowest BCUT2D eigenvalue weighted by molar-refractivity contribution is -0.139. The maximum Gasteiger partial charge on any atom is 0.295 e. The Hall–Kier alpha value is -4.66. The van der Waals surface area contributed by atoms with Crippen molar-refractivity contribution < 1.29 is 38.4 Å². The molecule has 202 valence electrons. The van der Waals surface area contributed by atoms with E-state index in [4.69, 9.17) is 23.7 Å². The molecular formula is C30H29NO8. The summed E-state index contributed by atoms with van der Waals surface area (Å²) in [7, 11) is 4.47. The highest BCUT2D eigenvalue weighted by molar-refractivity contribution is 6.46. The summed E-state index contributed by atoms with van der Waals surface area (Å²) in [5.74, 6) is 0.288. The monoisotopic (exact) mass is 531 g/mol. The van der Waals surface area contributed by atoms with Crippen molar-refractivity contribution in [3.63, 3.8) is 0 Å². The van der Waals surface area contributed by atoms with Crippen molar-refractivity contribution in [2.24, 2.45) is 0 Å². The molecule has 9 nitrogen and oxygen atoms in total. The molecule has 1 atom stereocenters. The summed E-state index contributed by atoms with van der Waals surface area (Å²) in [5.41, 5.74) is 1.82. The van der Waals surface area contributed by atoms with E-state index in [2.05, 4.69) is 0 Å². The van der Waals surface area contributed by atoms with E-state index < -0.39 is 17.7 Å². The van der Waals surface area contributed by atoms with Crippen LogP contribution in [0.15, 0.2) is 66.2 Å². The van der Waals surface area contributed by atoms with Crippen molar-refractivity contribution >= 4 is 17.4 Å². The molecule has 0 aliphatic carbocycles. The van der Waals surface area contributed by atoms with Gasteiger partial charge in [-0.2, -0.15) is 0 Å². The van der Waals surface area contributed by atoms with E-state index in [0.717, 1.165) is 5.56 Å². The first kappa shape index (κ1) is 26.0. The lowest BCUT2D eigenvalue weighted by Gasteiger charge is -2.27. The molecule has 1 saturated heterocycles. The van der Waals surface area contributed by atoms with Gasteiger partial charge < -0.3 is 33.7 Å². The molecule has 2 aliphatic rings. The number of aliphatic hydroxyl groups excluding tert-OH is 1. The van der Waals surface area contributed by atoms with Gasteiger partial charge in [-0.3, -0.25) is 9.59 Å². The van der Waals surface area contributed by atoms with E-state index in [1.807, 2.05) is 30.3 Å². The van der Waals surface area contributed by atoms with Gasteiger partial charge in [-0.05, 0) is 47.9 Å².